The van der Waals surface area contributed by atoms with Crippen LogP contribution in [0.15, 0.2) is 42.5 Å². The third-order valence-corrected chi connectivity index (χ3v) is 2.64. The molecule has 2 rings (SSSR count). The molecule has 0 spiro atoms. The average molecular weight is 284 g/mol. The third-order valence-electron chi connectivity index (χ3n) is 2.64. The van der Waals surface area contributed by atoms with E-state index in [4.69, 9.17) is 10.5 Å². The minimum Gasteiger partial charge on any atom is -0.699 e. The standard InChI is InChI=1S/C14H10F4NO/c15-13-6-2-5-12(14(16,17)18)11(13)8-20-10-4-1-3-9(19)7-10/h1-7,19H,8H2/q-1. The lowest BCUT2D eigenvalue weighted by atomic mass is 10.1. The number of benzene rings is 2. The van der Waals surface area contributed by atoms with E-state index in [-0.39, 0.29) is 11.4 Å². The Bertz CT molecular complexity index is 610. The predicted molar refractivity (Wildman–Crippen MR) is 66.2 cm³/mol. The summed E-state index contributed by atoms with van der Waals surface area (Å²) in [4.78, 5) is 0. The van der Waals surface area contributed by atoms with Gasteiger partial charge in [-0.3, -0.25) is 0 Å². The normalized spacial score (nSPS) is 11.4. The van der Waals surface area contributed by atoms with Gasteiger partial charge in [-0.25, -0.2) is 4.39 Å². The van der Waals surface area contributed by atoms with Crippen LogP contribution in [0.5, 0.6) is 5.75 Å². The van der Waals surface area contributed by atoms with E-state index in [1.165, 1.54) is 24.3 Å². The van der Waals surface area contributed by atoms with E-state index in [1.807, 2.05) is 0 Å². The minimum atomic E-state index is -4.64. The fraction of sp³-hybridized carbons (Fsp3) is 0.143. The van der Waals surface area contributed by atoms with Crippen LogP contribution in [-0.4, -0.2) is 0 Å². The van der Waals surface area contributed by atoms with Crippen LogP contribution in [0.25, 0.3) is 5.73 Å². The topological polar surface area (TPSA) is 33.0 Å². The summed E-state index contributed by atoms with van der Waals surface area (Å²) in [5.41, 5.74) is 5.93. The van der Waals surface area contributed by atoms with Gasteiger partial charge in [0.2, 0.25) is 0 Å². The molecule has 0 aliphatic rings. The molecule has 0 aliphatic heterocycles. The Morgan fingerprint density at radius 2 is 1.75 bits per heavy atom. The number of rotatable bonds is 3. The van der Waals surface area contributed by atoms with Gasteiger partial charge in [-0.2, -0.15) is 13.2 Å². The van der Waals surface area contributed by atoms with Crippen molar-refractivity contribution in [2.75, 3.05) is 0 Å². The predicted octanol–water partition coefficient (Wildman–Crippen LogP) is 5.11. The molecule has 0 heterocycles. The van der Waals surface area contributed by atoms with Crippen molar-refractivity contribution in [3.63, 3.8) is 0 Å². The number of alkyl halides is 3. The van der Waals surface area contributed by atoms with Gasteiger partial charge in [-0.15, -0.1) is 5.69 Å². The largest absolute Gasteiger partial charge is 0.699 e. The first-order valence-corrected chi connectivity index (χ1v) is 5.67. The highest BCUT2D eigenvalue weighted by molar-refractivity contribution is 5.47. The zero-order chi connectivity index (χ0) is 14.8. The van der Waals surface area contributed by atoms with Crippen LogP contribution in [0.4, 0.5) is 23.2 Å². The zero-order valence-corrected chi connectivity index (χ0v) is 10.2. The molecule has 0 saturated carbocycles. The molecular formula is C14H10F4NO-. The van der Waals surface area contributed by atoms with Crippen molar-refractivity contribution in [2.24, 2.45) is 0 Å². The molecule has 0 unspecified atom stereocenters. The summed E-state index contributed by atoms with van der Waals surface area (Å²) in [7, 11) is 0. The van der Waals surface area contributed by atoms with E-state index in [9.17, 15) is 17.6 Å². The number of hydrogen-bond donors (Lipinski definition) is 0. The second kappa shape index (κ2) is 5.40. The number of ether oxygens (including phenoxy) is 1. The van der Waals surface area contributed by atoms with Gasteiger partial charge < -0.3 is 10.5 Å². The van der Waals surface area contributed by atoms with Crippen LogP contribution in [0.2, 0.25) is 0 Å². The van der Waals surface area contributed by atoms with E-state index in [0.29, 0.717) is 0 Å². The molecule has 0 saturated heterocycles. The smallest absolute Gasteiger partial charge is 0.416 e. The van der Waals surface area contributed by atoms with Crippen LogP contribution < -0.4 is 4.74 Å². The van der Waals surface area contributed by atoms with Gasteiger partial charge in [0.1, 0.15) is 18.2 Å². The molecule has 106 valence electrons. The minimum absolute atomic E-state index is 0.159. The molecule has 0 aliphatic carbocycles. The van der Waals surface area contributed by atoms with Gasteiger partial charge >= 0.3 is 6.18 Å². The summed E-state index contributed by atoms with van der Waals surface area (Å²) < 4.78 is 57.0. The average Bonchev–Trinajstić information content (AvgIpc) is 2.36. The Hall–Kier alpha value is -2.24. The quantitative estimate of drug-likeness (QED) is 0.721. The molecule has 0 aromatic heterocycles. The van der Waals surface area contributed by atoms with Gasteiger partial charge in [0.05, 0.1) is 5.56 Å². The molecule has 6 heteroatoms. The molecule has 0 bridgehead atoms. The second-order valence-corrected chi connectivity index (χ2v) is 4.08. The van der Waals surface area contributed by atoms with Crippen LogP contribution >= 0.6 is 0 Å². The van der Waals surface area contributed by atoms with Gasteiger partial charge in [0.25, 0.3) is 0 Å². The maximum Gasteiger partial charge on any atom is 0.416 e. The third kappa shape index (κ3) is 3.20. The molecule has 2 nitrogen and oxygen atoms in total. The molecule has 1 N–H and O–H groups in total. The maximum atomic E-state index is 13.5. The lowest BCUT2D eigenvalue weighted by Crippen LogP contribution is -2.12. The fourth-order valence-corrected chi connectivity index (χ4v) is 1.71. The molecular weight excluding hydrogens is 274 g/mol. The lowest BCUT2D eigenvalue weighted by Gasteiger charge is -2.15. The molecule has 20 heavy (non-hydrogen) atoms. The molecule has 2 aromatic rings. The summed E-state index contributed by atoms with van der Waals surface area (Å²) in [6.07, 6.45) is -4.64. The lowest BCUT2D eigenvalue weighted by molar-refractivity contribution is -0.138. The Balaban J connectivity index is 2.25. The molecule has 0 amide bonds. The summed E-state index contributed by atoms with van der Waals surface area (Å²) >= 11 is 0. The molecule has 2 aromatic carbocycles. The van der Waals surface area contributed by atoms with Crippen LogP contribution in [0, 0.1) is 5.82 Å². The van der Waals surface area contributed by atoms with Crippen LogP contribution in [0.1, 0.15) is 11.1 Å². The van der Waals surface area contributed by atoms with Gasteiger partial charge in [-0.1, -0.05) is 18.2 Å². The van der Waals surface area contributed by atoms with Gasteiger partial charge in [0.15, 0.2) is 0 Å². The fourth-order valence-electron chi connectivity index (χ4n) is 1.71. The summed E-state index contributed by atoms with van der Waals surface area (Å²) in [6, 6.07) is 8.63. The first-order chi connectivity index (χ1) is 9.38. The summed E-state index contributed by atoms with van der Waals surface area (Å²) in [6.45, 7) is -0.551. The maximum absolute atomic E-state index is 13.5. The van der Waals surface area contributed by atoms with Crippen molar-refractivity contribution in [1.29, 1.82) is 0 Å². The highest BCUT2D eigenvalue weighted by Gasteiger charge is 2.34. The highest BCUT2D eigenvalue weighted by atomic mass is 19.4. The van der Waals surface area contributed by atoms with Crippen molar-refractivity contribution in [2.45, 2.75) is 12.8 Å². The van der Waals surface area contributed by atoms with Gasteiger partial charge in [-0.05, 0) is 24.3 Å². The zero-order valence-electron chi connectivity index (χ0n) is 10.2. The second-order valence-electron chi connectivity index (χ2n) is 4.08. The number of hydrogen-bond acceptors (Lipinski definition) is 1. The van der Waals surface area contributed by atoms with E-state index in [2.05, 4.69) is 0 Å². The monoisotopic (exact) mass is 284 g/mol. The molecule has 0 radical (unpaired) electrons. The van der Waals surface area contributed by atoms with Crippen molar-refractivity contribution < 1.29 is 22.3 Å². The van der Waals surface area contributed by atoms with Crippen molar-refractivity contribution in [3.05, 3.63) is 65.1 Å². The number of nitrogens with one attached hydrogen (secondary N) is 1. The van der Waals surface area contributed by atoms with E-state index < -0.39 is 29.7 Å². The van der Waals surface area contributed by atoms with Crippen molar-refractivity contribution >= 4 is 5.69 Å². The SMILES string of the molecule is [NH-]c1cccc(OCc2c(F)cccc2C(F)(F)F)c1. The first kappa shape index (κ1) is 14.2. The summed E-state index contributed by atoms with van der Waals surface area (Å²) in [5, 5.41) is 0. The van der Waals surface area contributed by atoms with Crippen LogP contribution in [0.3, 0.4) is 0 Å². The van der Waals surface area contributed by atoms with Crippen LogP contribution in [-0.2, 0) is 12.8 Å². The number of halogens is 4. The Labute approximate surface area is 112 Å². The van der Waals surface area contributed by atoms with Gasteiger partial charge in [0, 0.05) is 5.56 Å². The van der Waals surface area contributed by atoms with Crippen molar-refractivity contribution in [3.8, 4) is 5.75 Å². The van der Waals surface area contributed by atoms with E-state index in [0.717, 1.165) is 18.2 Å². The first-order valence-electron chi connectivity index (χ1n) is 5.67. The molecule has 0 fully saturated rings. The Morgan fingerprint density at radius 3 is 2.40 bits per heavy atom. The summed E-state index contributed by atoms with van der Waals surface area (Å²) in [5.74, 6) is -0.754. The van der Waals surface area contributed by atoms with E-state index >= 15 is 0 Å². The highest BCUT2D eigenvalue weighted by Crippen LogP contribution is 2.33. The Morgan fingerprint density at radius 1 is 1.05 bits per heavy atom. The van der Waals surface area contributed by atoms with Crippen molar-refractivity contribution in [1.82, 2.24) is 0 Å². The molecule has 0 atom stereocenters. The Kier molecular flexibility index (Phi) is 3.83. The van der Waals surface area contributed by atoms with E-state index in [1.54, 1.807) is 0 Å².